The van der Waals surface area contributed by atoms with Gasteiger partial charge in [0.1, 0.15) is 18.3 Å². The predicted octanol–water partition coefficient (Wildman–Crippen LogP) is -1.63. The van der Waals surface area contributed by atoms with Crippen LogP contribution in [0.1, 0.15) is 18.7 Å². The average molecular weight is 364 g/mol. The molecule has 1 aromatic rings. The summed E-state index contributed by atoms with van der Waals surface area (Å²) in [5, 5.41) is 9.42. The van der Waals surface area contributed by atoms with Gasteiger partial charge in [-0.3, -0.25) is 18.9 Å². The van der Waals surface area contributed by atoms with Crippen LogP contribution < -0.4 is 11.2 Å². The second-order valence-corrected chi connectivity index (χ2v) is 7.73. The smallest absolute Gasteiger partial charge is 0.384 e. The Hall–Kier alpha value is -1.33. The summed E-state index contributed by atoms with van der Waals surface area (Å²) in [4.78, 5) is 44.5. The van der Waals surface area contributed by atoms with Crippen molar-refractivity contribution in [3.8, 4) is 0 Å². The summed E-state index contributed by atoms with van der Waals surface area (Å²) in [6.45, 7) is 2.06. The van der Waals surface area contributed by atoms with E-state index in [1.807, 2.05) is 0 Å². The molecule has 24 heavy (non-hydrogen) atoms. The molecule has 0 aromatic carbocycles. The van der Waals surface area contributed by atoms with E-state index in [0.29, 0.717) is 0 Å². The van der Waals surface area contributed by atoms with Crippen molar-refractivity contribution in [1.82, 2.24) is 9.55 Å². The first-order valence-corrected chi connectivity index (χ1v) is 8.68. The van der Waals surface area contributed by atoms with Crippen molar-refractivity contribution in [2.24, 2.45) is 0 Å². The van der Waals surface area contributed by atoms with Gasteiger partial charge in [0.2, 0.25) is 0 Å². The fourth-order valence-corrected chi connectivity index (χ4v) is 3.31. The van der Waals surface area contributed by atoms with Crippen molar-refractivity contribution < 1.29 is 33.7 Å². The minimum atomic E-state index is -4.79. The van der Waals surface area contributed by atoms with Crippen LogP contribution in [0.4, 0.5) is 0 Å². The number of nitrogens with one attached hydrogen (secondary N) is 1. The maximum atomic E-state index is 12.0. The molecule has 0 bridgehead atoms. The van der Waals surface area contributed by atoms with Crippen LogP contribution >= 0.6 is 7.60 Å². The molecule has 0 aliphatic carbocycles. The molecule has 0 unspecified atom stereocenters. The first-order valence-electron chi connectivity index (χ1n) is 7.07. The molecule has 11 nitrogen and oxygen atoms in total. The molecule has 0 radical (unpaired) electrons. The van der Waals surface area contributed by atoms with Gasteiger partial charge in [0.05, 0.1) is 6.61 Å². The zero-order valence-electron chi connectivity index (χ0n) is 12.8. The van der Waals surface area contributed by atoms with Crippen molar-refractivity contribution >= 4 is 7.60 Å². The molecule has 2 fully saturated rings. The van der Waals surface area contributed by atoms with E-state index in [4.69, 9.17) is 14.2 Å². The van der Waals surface area contributed by atoms with Crippen LogP contribution in [-0.4, -0.2) is 54.9 Å². The van der Waals surface area contributed by atoms with E-state index in [9.17, 15) is 29.0 Å². The lowest BCUT2D eigenvalue weighted by Crippen LogP contribution is -2.38. The third-order valence-corrected chi connectivity index (χ3v) is 5.39. The van der Waals surface area contributed by atoms with Gasteiger partial charge in [-0.1, -0.05) is 0 Å². The van der Waals surface area contributed by atoms with Crippen molar-refractivity contribution in [3.05, 3.63) is 32.6 Å². The number of nitrogens with zero attached hydrogens (tertiary/aromatic N) is 1. The molecule has 0 spiro atoms. The van der Waals surface area contributed by atoms with Gasteiger partial charge in [-0.15, -0.1) is 0 Å². The lowest BCUT2D eigenvalue weighted by Gasteiger charge is -2.27. The van der Waals surface area contributed by atoms with E-state index >= 15 is 0 Å². The molecule has 3 heterocycles. The molecule has 1 aromatic heterocycles. The van der Waals surface area contributed by atoms with Gasteiger partial charge in [-0.05, 0) is 6.92 Å². The van der Waals surface area contributed by atoms with Crippen molar-refractivity contribution in [3.63, 3.8) is 0 Å². The number of hydrogen-bond donors (Lipinski definition) is 4. The van der Waals surface area contributed by atoms with Gasteiger partial charge in [-0.25, -0.2) is 4.79 Å². The van der Waals surface area contributed by atoms with Crippen LogP contribution in [0.25, 0.3) is 0 Å². The van der Waals surface area contributed by atoms with Crippen LogP contribution in [0, 0.1) is 6.92 Å². The number of aromatic amines is 1. The van der Waals surface area contributed by atoms with Gasteiger partial charge in [0, 0.05) is 18.7 Å². The number of aliphatic hydroxyl groups is 1. The highest BCUT2D eigenvalue weighted by Gasteiger charge is 2.63. The molecule has 5 atom stereocenters. The highest BCUT2D eigenvalue weighted by molar-refractivity contribution is 7.53. The maximum absolute atomic E-state index is 12.0. The molecule has 2 saturated heterocycles. The molecule has 12 heteroatoms. The summed E-state index contributed by atoms with van der Waals surface area (Å²) in [7, 11) is -4.79. The van der Waals surface area contributed by atoms with Gasteiger partial charge in [0.25, 0.3) is 11.1 Å². The quantitative estimate of drug-likeness (QED) is 0.462. The SMILES string of the molecule is Cc1cn([C@@H]2O[C@H](CO)[C@H]3O[C@](C)(P(=O)(O)O)O[C@H]32)c(=O)[nH]c1=O. The monoisotopic (exact) mass is 364 g/mol. The number of aromatic nitrogens is 2. The topological polar surface area (TPSA) is 160 Å². The average Bonchev–Trinajstić information content (AvgIpc) is 2.98. The van der Waals surface area contributed by atoms with Gasteiger partial charge >= 0.3 is 13.3 Å². The lowest BCUT2D eigenvalue weighted by molar-refractivity contribution is -0.175. The van der Waals surface area contributed by atoms with Gasteiger partial charge in [0.15, 0.2) is 6.23 Å². The van der Waals surface area contributed by atoms with Crippen molar-refractivity contribution in [2.75, 3.05) is 6.61 Å². The molecule has 0 amide bonds. The Kier molecular flexibility index (Phi) is 4.08. The first-order chi connectivity index (χ1) is 11.1. The fraction of sp³-hybridized carbons (Fsp3) is 0.667. The summed E-state index contributed by atoms with van der Waals surface area (Å²) in [5.41, 5.74) is -3.31. The minimum absolute atomic E-state index is 0.235. The fourth-order valence-electron chi connectivity index (χ4n) is 2.79. The van der Waals surface area contributed by atoms with E-state index in [2.05, 4.69) is 4.98 Å². The second kappa shape index (κ2) is 5.60. The van der Waals surface area contributed by atoms with Crippen LogP contribution in [-0.2, 0) is 18.8 Å². The number of aliphatic hydroxyl groups excluding tert-OH is 1. The third-order valence-electron chi connectivity index (χ3n) is 4.12. The lowest BCUT2D eigenvalue weighted by atomic mass is 10.1. The van der Waals surface area contributed by atoms with Gasteiger partial charge in [-0.2, -0.15) is 0 Å². The Morgan fingerprint density at radius 2 is 1.96 bits per heavy atom. The van der Waals surface area contributed by atoms with E-state index in [1.54, 1.807) is 0 Å². The normalized spacial score (nSPS) is 36.0. The largest absolute Gasteiger partial charge is 0.394 e. The molecular formula is C12H17N2O9P. The van der Waals surface area contributed by atoms with E-state index < -0.39 is 55.5 Å². The highest BCUT2D eigenvalue weighted by Crippen LogP contribution is 2.58. The molecule has 2 aliphatic rings. The summed E-state index contributed by atoms with van der Waals surface area (Å²) in [6, 6.07) is 0. The number of aryl methyl sites for hydroxylation is 1. The van der Waals surface area contributed by atoms with Crippen LogP contribution in [0.5, 0.6) is 0 Å². The standard InChI is InChI=1S/C12H17N2O9P/c1-5-3-14(11(17)13-9(5)16)10-8-7(6(4-15)21-10)22-12(2,23-8)24(18,19)20/h3,6-8,10,15H,4H2,1-2H3,(H,13,16,17)(H2,18,19,20)/t6-,7-,8-,10-,12+/m1/s1. The Bertz CT molecular complexity index is 813. The summed E-state index contributed by atoms with van der Waals surface area (Å²) >= 11 is 0. The number of rotatable bonds is 3. The highest BCUT2D eigenvalue weighted by atomic mass is 31.2. The number of fused-ring (bicyclic) bond motifs is 1. The minimum Gasteiger partial charge on any atom is -0.394 e. The van der Waals surface area contributed by atoms with Crippen LogP contribution in [0.15, 0.2) is 15.8 Å². The Labute approximate surface area is 134 Å². The Morgan fingerprint density at radius 3 is 2.54 bits per heavy atom. The van der Waals surface area contributed by atoms with E-state index in [0.717, 1.165) is 11.5 Å². The third kappa shape index (κ3) is 2.58. The number of hydrogen-bond acceptors (Lipinski definition) is 7. The van der Waals surface area contributed by atoms with E-state index in [-0.39, 0.29) is 5.56 Å². The zero-order chi connectivity index (χ0) is 17.9. The van der Waals surface area contributed by atoms with Crippen LogP contribution in [0.2, 0.25) is 0 Å². The summed E-state index contributed by atoms with van der Waals surface area (Å²) in [5.74, 6) is 0. The van der Waals surface area contributed by atoms with E-state index in [1.165, 1.54) is 13.1 Å². The zero-order valence-corrected chi connectivity index (χ0v) is 13.7. The predicted molar refractivity (Wildman–Crippen MR) is 77.3 cm³/mol. The molecule has 2 aliphatic heterocycles. The van der Waals surface area contributed by atoms with Gasteiger partial charge < -0.3 is 29.1 Å². The Morgan fingerprint density at radius 1 is 1.33 bits per heavy atom. The molecule has 134 valence electrons. The molecule has 4 N–H and O–H groups in total. The number of ether oxygens (including phenoxy) is 3. The van der Waals surface area contributed by atoms with Crippen LogP contribution in [0.3, 0.4) is 0 Å². The second-order valence-electron chi connectivity index (χ2n) is 5.83. The summed E-state index contributed by atoms with van der Waals surface area (Å²) in [6.07, 6.45) is -2.87. The first kappa shape index (κ1) is 17.5. The maximum Gasteiger partial charge on any atom is 0.384 e. The number of H-pyrrole nitrogens is 1. The molecule has 3 rings (SSSR count). The van der Waals surface area contributed by atoms with Crippen molar-refractivity contribution in [1.29, 1.82) is 0 Å². The Balaban J connectivity index is 2.03. The molecular weight excluding hydrogens is 347 g/mol. The summed E-state index contributed by atoms with van der Waals surface area (Å²) < 4.78 is 28.9. The van der Waals surface area contributed by atoms with Crippen molar-refractivity contribution in [2.45, 2.75) is 43.9 Å². The molecule has 0 saturated carbocycles.